The number of methoxy groups -OCH3 is 1. The van der Waals surface area contributed by atoms with Crippen molar-refractivity contribution < 1.29 is 4.74 Å². The summed E-state index contributed by atoms with van der Waals surface area (Å²) in [4.78, 5) is 2.41. The van der Waals surface area contributed by atoms with Gasteiger partial charge in [0.15, 0.2) is 0 Å². The highest BCUT2D eigenvalue weighted by Gasteiger charge is 2.23. The Morgan fingerprint density at radius 1 is 1.28 bits per heavy atom. The van der Waals surface area contributed by atoms with Crippen LogP contribution in [0.2, 0.25) is 0 Å². The van der Waals surface area contributed by atoms with Crippen molar-refractivity contribution in [2.75, 3.05) is 33.8 Å². The summed E-state index contributed by atoms with van der Waals surface area (Å²) in [6, 6.07) is 8.35. The third kappa shape index (κ3) is 3.47. The van der Waals surface area contributed by atoms with E-state index in [1.165, 1.54) is 18.7 Å². The monoisotopic (exact) mass is 248 g/mol. The van der Waals surface area contributed by atoms with E-state index < -0.39 is 0 Å². The topological polar surface area (TPSA) is 24.5 Å². The molecular formula is C15H24N2O. The van der Waals surface area contributed by atoms with Crippen LogP contribution >= 0.6 is 0 Å². The van der Waals surface area contributed by atoms with Crippen molar-refractivity contribution in [3.05, 3.63) is 29.8 Å². The molecule has 1 N–H and O–H groups in total. The SMILES string of the molecule is COc1ccc(CN(C)CC2CNCC2C)cc1. The van der Waals surface area contributed by atoms with Gasteiger partial charge in [-0.2, -0.15) is 0 Å². The van der Waals surface area contributed by atoms with E-state index in [-0.39, 0.29) is 0 Å². The van der Waals surface area contributed by atoms with Gasteiger partial charge in [-0.25, -0.2) is 0 Å². The molecule has 1 aliphatic rings. The van der Waals surface area contributed by atoms with E-state index in [2.05, 4.69) is 36.3 Å². The fourth-order valence-electron chi connectivity index (χ4n) is 2.62. The second kappa shape index (κ2) is 6.21. The largest absolute Gasteiger partial charge is 0.497 e. The summed E-state index contributed by atoms with van der Waals surface area (Å²) in [6.45, 7) is 6.84. The quantitative estimate of drug-likeness (QED) is 0.862. The molecule has 2 unspecified atom stereocenters. The van der Waals surface area contributed by atoms with Gasteiger partial charge in [0.1, 0.15) is 5.75 Å². The van der Waals surface area contributed by atoms with Crippen LogP contribution in [0.4, 0.5) is 0 Å². The Hall–Kier alpha value is -1.06. The van der Waals surface area contributed by atoms with E-state index in [1.54, 1.807) is 7.11 Å². The number of nitrogens with one attached hydrogen (secondary N) is 1. The number of hydrogen-bond acceptors (Lipinski definition) is 3. The van der Waals surface area contributed by atoms with Crippen molar-refractivity contribution in [1.29, 1.82) is 0 Å². The lowest BCUT2D eigenvalue weighted by Crippen LogP contribution is -2.28. The number of nitrogens with zero attached hydrogens (tertiary/aromatic N) is 1. The van der Waals surface area contributed by atoms with E-state index in [4.69, 9.17) is 4.74 Å². The maximum Gasteiger partial charge on any atom is 0.118 e. The highest BCUT2D eigenvalue weighted by molar-refractivity contribution is 5.27. The minimum Gasteiger partial charge on any atom is -0.497 e. The number of ether oxygens (including phenoxy) is 1. The Morgan fingerprint density at radius 3 is 2.56 bits per heavy atom. The van der Waals surface area contributed by atoms with Gasteiger partial charge in [0.05, 0.1) is 7.11 Å². The summed E-state index contributed by atoms with van der Waals surface area (Å²) >= 11 is 0. The Bertz CT molecular complexity index is 363. The van der Waals surface area contributed by atoms with Gasteiger partial charge in [-0.1, -0.05) is 19.1 Å². The molecule has 1 aromatic carbocycles. The van der Waals surface area contributed by atoms with Gasteiger partial charge in [-0.3, -0.25) is 0 Å². The van der Waals surface area contributed by atoms with Gasteiger partial charge in [-0.05, 0) is 49.7 Å². The molecule has 0 saturated carbocycles. The van der Waals surface area contributed by atoms with Crippen molar-refractivity contribution in [2.24, 2.45) is 11.8 Å². The van der Waals surface area contributed by atoms with Gasteiger partial charge in [0.2, 0.25) is 0 Å². The maximum absolute atomic E-state index is 5.17. The zero-order valence-corrected chi connectivity index (χ0v) is 11.6. The molecule has 0 bridgehead atoms. The van der Waals surface area contributed by atoms with Crippen molar-refractivity contribution in [1.82, 2.24) is 10.2 Å². The molecule has 1 aromatic rings. The number of benzene rings is 1. The molecule has 0 amide bonds. The van der Waals surface area contributed by atoms with Crippen molar-refractivity contribution in [3.63, 3.8) is 0 Å². The Labute approximate surface area is 110 Å². The lowest BCUT2D eigenvalue weighted by Gasteiger charge is -2.23. The minimum atomic E-state index is 0.785. The molecule has 0 aliphatic carbocycles. The van der Waals surface area contributed by atoms with E-state index in [9.17, 15) is 0 Å². The average molecular weight is 248 g/mol. The van der Waals surface area contributed by atoms with Crippen LogP contribution in [0.25, 0.3) is 0 Å². The molecule has 1 saturated heterocycles. The minimum absolute atomic E-state index is 0.785. The fourth-order valence-corrected chi connectivity index (χ4v) is 2.62. The lowest BCUT2D eigenvalue weighted by atomic mass is 9.97. The molecule has 18 heavy (non-hydrogen) atoms. The normalized spacial score (nSPS) is 23.6. The molecule has 1 heterocycles. The van der Waals surface area contributed by atoms with E-state index in [1.807, 2.05) is 12.1 Å². The summed E-state index contributed by atoms with van der Waals surface area (Å²) in [5.41, 5.74) is 1.34. The molecule has 2 rings (SSSR count). The Kier molecular flexibility index (Phi) is 4.61. The molecule has 1 fully saturated rings. The zero-order chi connectivity index (χ0) is 13.0. The van der Waals surface area contributed by atoms with Crippen molar-refractivity contribution in [3.8, 4) is 5.75 Å². The summed E-state index contributed by atoms with van der Waals surface area (Å²) < 4.78 is 5.17. The second-order valence-electron chi connectivity index (χ2n) is 5.44. The molecule has 3 nitrogen and oxygen atoms in total. The third-order valence-corrected chi connectivity index (χ3v) is 3.84. The van der Waals surface area contributed by atoms with Gasteiger partial charge < -0.3 is 15.0 Å². The van der Waals surface area contributed by atoms with Crippen LogP contribution in [0.15, 0.2) is 24.3 Å². The fraction of sp³-hybridized carbons (Fsp3) is 0.600. The first-order valence-corrected chi connectivity index (χ1v) is 6.71. The number of rotatable bonds is 5. The van der Waals surface area contributed by atoms with Crippen molar-refractivity contribution in [2.45, 2.75) is 13.5 Å². The Balaban J connectivity index is 1.84. The molecule has 100 valence electrons. The summed E-state index contributed by atoms with van der Waals surface area (Å²) in [5.74, 6) is 2.51. The first-order valence-electron chi connectivity index (χ1n) is 6.71. The van der Waals surface area contributed by atoms with Crippen LogP contribution in [0.3, 0.4) is 0 Å². The van der Waals surface area contributed by atoms with Crippen LogP contribution in [0.5, 0.6) is 5.75 Å². The van der Waals surface area contributed by atoms with Gasteiger partial charge in [0, 0.05) is 13.1 Å². The first-order chi connectivity index (χ1) is 8.69. The van der Waals surface area contributed by atoms with E-state index >= 15 is 0 Å². The van der Waals surface area contributed by atoms with Gasteiger partial charge in [0.25, 0.3) is 0 Å². The second-order valence-corrected chi connectivity index (χ2v) is 5.44. The summed E-state index contributed by atoms with van der Waals surface area (Å²) in [5, 5.41) is 3.46. The molecule has 3 heteroatoms. The highest BCUT2D eigenvalue weighted by Crippen LogP contribution is 2.18. The maximum atomic E-state index is 5.17. The van der Waals surface area contributed by atoms with Gasteiger partial charge in [-0.15, -0.1) is 0 Å². The molecule has 2 atom stereocenters. The highest BCUT2D eigenvalue weighted by atomic mass is 16.5. The van der Waals surface area contributed by atoms with E-state index in [0.29, 0.717) is 0 Å². The third-order valence-electron chi connectivity index (χ3n) is 3.84. The summed E-state index contributed by atoms with van der Waals surface area (Å²) in [6.07, 6.45) is 0. The van der Waals surface area contributed by atoms with Gasteiger partial charge >= 0.3 is 0 Å². The van der Waals surface area contributed by atoms with Crippen LogP contribution in [-0.2, 0) is 6.54 Å². The average Bonchev–Trinajstić information content (AvgIpc) is 2.76. The predicted molar refractivity (Wildman–Crippen MR) is 74.9 cm³/mol. The Morgan fingerprint density at radius 2 is 2.00 bits per heavy atom. The van der Waals surface area contributed by atoms with Crippen LogP contribution in [0.1, 0.15) is 12.5 Å². The first kappa shape index (κ1) is 13.4. The molecule has 0 aromatic heterocycles. The summed E-state index contributed by atoms with van der Waals surface area (Å²) in [7, 11) is 3.91. The molecule has 0 radical (unpaired) electrons. The molecule has 0 spiro atoms. The number of hydrogen-bond donors (Lipinski definition) is 1. The van der Waals surface area contributed by atoms with Crippen LogP contribution in [0, 0.1) is 11.8 Å². The van der Waals surface area contributed by atoms with Crippen LogP contribution < -0.4 is 10.1 Å². The lowest BCUT2D eigenvalue weighted by molar-refractivity contribution is 0.252. The standard InChI is InChI=1S/C15H24N2O/c1-12-8-16-9-14(12)11-17(2)10-13-4-6-15(18-3)7-5-13/h4-7,12,14,16H,8-11H2,1-3H3. The zero-order valence-electron chi connectivity index (χ0n) is 11.6. The smallest absolute Gasteiger partial charge is 0.118 e. The predicted octanol–water partition coefficient (Wildman–Crippen LogP) is 1.98. The van der Waals surface area contributed by atoms with E-state index in [0.717, 1.165) is 30.7 Å². The molecular weight excluding hydrogens is 224 g/mol. The van der Waals surface area contributed by atoms with Crippen LogP contribution in [-0.4, -0.2) is 38.7 Å². The molecule has 1 aliphatic heterocycles. The van der Waals surface area contributed by atoms with Crippen molar-refractivity contribution >= 4 is 0 Å².